The summed E-state index contributed by atoms with van der Waals surface area (Å²) in [4.78, 5) is 0.205. The predicted octanol–water partition coefficient (Wildman–Crippen LogP) is 3.72. The first-order chi connectivity index (χ1) is 15.5. The van der Waals surface area contributed by atoms with Crippen LogP contribution in [0.5, 0.6) is 5.75 Å². The highest BCUT2D eigenvalue weighted by Crippen LogP contribution is 2.27. The van der Waals surface area contributed by atoms with Gasteiger partial charge in [0.2, 0.25) is 10.0 Å². The van der Waals surface area contributed by atoms with E-state index in [0.29, 0.717) is 35.4 Å². The lowest BCUT2D eigenvalue weighted by Gasteiger charge is -2.18. The Morgan fingerprint density at radius 2 is 1.84 bits per heavy atom. The minimum absolute atomic E-state index is 0.205. The second-order valence-electron chi connectivity index (χ2n) is 6.86. The Hall–Kier alpha value is -2.89. The molecule has 0 unspecified atom stereocenters. The number of rotatable bonds is 9. The number of ether oxygens (including phenoxy) is 1. The highest BCUT2D eigenvalue weighted by molar-refractivity contribution is 7.98. The molecule has 3 aromatic heterocycles. The normalized spacial score (nSPS) is 12.0. The molecule has 0 radical (unpaired) electrons. The number of thioether (sulfide) groups is 1. The zero-order valence-electron chi connectivity index (χ0n) is 17.9. The van der Waals surface area contributed by atoms with Gasteiger partial charge in [-0.05, 0) is 36.4 Å². The predicted molar refractivity (Wildman–Crippen MR) is 121 cm³/mol. The molecule has 4 rings (SSSR count). The van der Waals surface area contributed by atoms with E-state index in [-0.39, 0.29) is 4.90 Å². The fourth-order valence-electron chi connectivity index (χ4n) is 3.23. The molecular formula is C21H23N5O4S2. The van der Waals surface area contributed by atoms with E-state index in [4.69, 9.17) is 9.26 Å². The summed E-state index contributed by atoms with van der Waals surface area (Å²) in [7, 11) is -1.95. The zero-order valence-corrected chi connectivity index (χ0v) is 19.6. The van der Waals surface area contributed by atoms with E-state index in [0.717, 1.165) is 17.0 Å². The van der Waals surface area contributed by atoms with Crippen LogP contribution in [0, 0.1) is 0 Å². The van der Waals surface area contributed by atoms with Gasteiger partial charge in [0.05, 0.1) is 17.8 Å². The number of pyridine rings is 1. The maximum atomic E-state index is 12.9. The average molecular weight is 474 g/mol. The van der Waals surface area contributed by atoms with E-state index in [9.17, 15) is 8.42 Å². The van der Waals surface area contributed by atoms with Crippen LogP contribution >= 0.6 is 11.8 Å². The summed E-state index contributed by atoms with van der Waals surface area (Å²) in [6.07, 6.45) is 1.56. The Morgan fingerprint density at radius 1 is 1.09 bits per heavy atom. The van der Waals surface area contributed by atoms with Crippen molar-refractivity contribution in [3.05, 3.63) is 54.4 Å². The Bertz CT molecular complexity index is 1310. The van der Waals surface area contributed by atoms with E-state index in [1.807, 2.05) is 44.2 Å². The molecule has 32 heavy (non-hydrogen) atoms. The second kappa shape index (κ2) is 9.31. The minimum Gasteiger partial charge on any atom is -0.497 e. The van der Waals surface area contributed by atoms with Crippen molar-refractivity contribution >= 4 is 27.4 Å². The third kappa shape index (κ3) is 4.36. The van der Waals surface area contributed by atoms with Crippen LogP contribution in [0.1, 0.15) is 19.6 Å². The number of aromatic nitrogens is 4. The van der Waals surface area contributed by atoms with Gasteiger partial charge in [-0.2, -0.15) is 4.31 Å². The van der Waals surface area contributed by atoms with Gasteiger partial charge in [-0.3, -0.25) is 4.40 Å². The molecule has 11 heteroatoms. The van der Waals surface area contributed by atoms with Gasteiger partial charge in [0.1, 0.15) is 17.2 Å². The lowest BCUT2D eigenvalue weighted by molar-refractivity contribution is 0.397. The van der Waals surface area contributed by atoms with Crippen LogP contribution in [0.25, 0.3) is 16.9 Å². The number of nitrogens with zero attached hydrogens (tertiary/aromatic N) is 5. The molecule has 0 fully saturated rings. The Labute approximate surface area is 190 Å². The summed E-state index contributed by atoms with van der Waals surface area (Å²) in [6, 6.07) is 12.6. The van der Waals surface area contributed by atoms with Gasteiger partial charge in [-0.1, -0.05) is 30.8 Å². The first kappa shape index (κ1) is 22.3. The van der Waals surface area contributed by atoms with Crippen molar-refractivity contribution in [2.45, 2.75) is 29.7 Å². The molecule has 4 aromatic rings. The molecule has 0 atom stereocenters. The van der Waals surface area contributed by atoms with Crippen LogP contribution in [0.15, 0.2) is 63.2 Å². The van der Waals surface area contributed by atoms with Crippen molar-refractivity contribution < 1.29 is 17.7 Å². The Balaban J connectivity index is 1.53. The van der Waals surface area contributed by atoms with Crippen LogP contribution < -0.4 is 4.74 Å². The number of hydrogen-bond donors (Lipinski definition) is 0. The summed E-state index contributed by atoms with van der Waals surface area (Å²) in [5.74, 6) is 1.91. The van der Waals surface area contributed by atoms with Crippen LogP contribution in [-0.2, 0) is 15.8 Å². The van der Waals surface area contributed by atoms with E-state index >= 15 is 0 Å². The van der Waals surface area contributed by atoms with Crippen LogP contribution in [-0.4, -0.2) is 52.7 Å². The first-order valence-electron chi connectivity index (χ1n) is 10.0. The monoisotopic (exact) mass is 473 g/mol. The summed E-state index contributed by atoms with van der Waals surface area (Å²) in [6.45, 7) is 4.44. The molecule has 0 amide bonds. The van der Waals surface area contributed by atoms with Gasteiger partial charge >= 0.3 is 0 Å². The molecule has 0 N–H and O–H groups in total. The van der Waals surface area contributed by atoms with E-state index in [2.05, 4.69) is 15.4 Å². The maximum absolute atomic E-state index is 12.9. The van der Waals surface area contributed by atoms with Crippen molar-refractivity contribution in [2.24, 2.45) is 0 Å². The lowest BCUT2D eigenvalue weighted by Crippen LogP contribution is -2.30. The van der Waals surface area contributed by atoms with Crippen LogP contribution in [0.4, 0.5) is 0 Å². The number of fused-ring (bicyclic) bond motifs is 1. The number of hydrogen-bond acceptors (Lipinski definition) is 8. The van der Waals surface area contributed by atoms with E-state index in [1.165, 1.54) is 16.1 Å². The molecule has 0 aliphatic rings. The zero-order chi connectivity index (χ0) is 22.7. The quantitative estimate of drug-likeness (QED) is 0.339. The van der Waals surface area contributed by atoms with Crippen LogP contribution in [0.2, 0.25) is 0 Å². The van der Waals surface area contributed by atoms with Gasteiger partial charge in [-0.15, -0.1) is 10.2 Å². The van der Waals surface area contributed by atoms with E-state index < -0.39 is 10.0 Å². The standard InChI is InChI=1S/C21H23N5O4S2/c1-4-25(5-2)32(27,28)18-10-11-20-22-23-21(26(20)13-18)31-14-17-12-19(24-30-17)15-6-8-16(29-3)9-7-15/h6-13H,4-5,14H2,1-3H3. The van der Waals surface area contributed by atoms with Crippen molar-refractivity contribution in [3.63, 3.8) is 0 Å². The molecule has 0 aliphatic carbocycles. The molecule has 0 aliphatic heterocycles. The number of methoxy groups -OCH3 is 1. The minimum atomic E-state index is -3.58. The smallest absolute Gasteiger partial charge is 0.244 e. The second-order valence-corrected chi connectivity index (χ2v) is 9.74. The first-order valence-corrected chi connectivity index (χ1v) is 12.5. The molecule has 168 valence electrons. The molecule has 9 nitrogen and oxygen atoms in total. The highest BCUT2D eigenvalue weighted by Gasteiger charge is 2.23. The van der Waals surface area contributed by atoms with Gasteiger partial charge < -0.3 is 9.26 Å². The summed E-state index contributed by atoms with van der Waals surface area (Å²) >= 11 is 1.39. The van der Waals surface area contributed by atoms with Gasteiger partial charge in [0.25, 0.3) is 0 Å². The Morgan fingerprint density at radius 3 is 2.53 bits per heavy atom. The molecule has 0 bridgehead atoms. The van der Waals surface area contributed by atoms with Gasteiger partial charge in [0.15, 0.2) is 10.8 Å². The SMILES string of the molecule is CCN(CC)S(=O)(=O)c1ccc2nnc(SCc3cc(-c4ccc(OC)cc4)no3)n2c1. The average Bonchev–Trinajstić information content (AvgIpc) is 3.45. The summed E-state index contributed by atoms with van der Waals surface area (Å²) < 4.78 is 39.5. The lowest BCUT2D eigenvalue weighted by atomic mass is 10.1. The fraction of sp³-hybridized carbons (Fsp3) is 0.286. The Kier molecular flexibility index (Phi) is 6.49. The van der Waals surface area contributed by atoms with Crippen molar-refractivity contribution in [3.8, 4) is 17.0 Å². The summed E-state index contributed by atoms with van der Waals surface area (Å²) in [5, 5.41) is 13.0. The van der Waals surface area contributed by atoms with Crippen molar-refractivity contribution in [1.29, 1.82) is 0 Å². The number of benzene rings is 1. The molecule has 0 saturated carbocycles. The largest absolute Gasteiger partial charge is 0.497 e. The fourth-order valence-corrected chi connectivity index (χ4v) is 5.48. The molecule has 3 heterocycles. The van der Waals surface area contributed by atoms with Gasteiger partial charge in [0, 0.05) is 30.9 Å². The van der Waals surface area contributed by atoms with Crippen molar-refractivity contribution in [1.82, 2.24) is 24.1 Å². The maximum Gasteiger partial charge on any atom is 0.244 e. The van der Waals surface area contributed by atoms with E-state index in [1.54, 1.807) is 29.8 Å². The molecule has 1 aromatic carbocycles. The van der Waals surface area contributed by atoms with Crippen LogP contribution in [0.3, 0.4) is 0 Å². The topological polar surface area (TPSA) is 103 Å². The number of sulfonamides is 1. The summed E-state index contributed by atoms with van der Waals surface area (Å²) in [5.41, 5.74) is 2.22. The molecule has 0 spiro atoms. The van der Waals surface area contributed by atoms with Gasteiger partial charge in [-0.25, -0.2) is 8.42 Å². The molecular weight excluding hydrogens is 450 g/mol. The third-order valence-electron chi connectivity index (χ3n) is 4.98. The van der Waals surface area contributed by atoms with Crippen molar-refractivity contribution in [2.75, 3.05) is 20.2 Å². The molecule has 0 saturated heterocycles. The highest BCUT2D eigenvalue weighted by atomic mass is 32.2. The third-order valence-corrected chi connectivity index (χ3v) is 7.97.